The first kappa shape index (κ1) is 11.5. The number of furan rings is 1. The van der Waals surface area contributed by atoms with E-state index in [0.717, 1.165) is 5.76 Å². The van der Waals surface area contributed by atoms with Gasteiger partial charge in [-0.1, -0.05) is 5.11 Å². The van der Waals surface area contributed by atoms with Crippen LogP contribution in [-0.4, -0.2) is 36.5 Å². The molecule has 1 fully saturated rings. The minimum Gasteiger partial charge on any atom is -0.467 e. The molecule has 0 spiro atoms. The fourth-order valence-electron chi connectivity index (χ4n) is 1.68. The van der Waals surface area contributed by atoms with Gasteiger partial charge in [-0.25, -0.2) is 0 Å². The van der Waals surface area contributed by atoms with E-state index in [4.69, 9.17) is 9.95 Å². The number of azide groups is 1. The van der Waals surface area contributed by atoms with E-state index in [-0.39, 0.29) is 11.9 Å². The number of likely N-dealkylation sites (tertiary alicyclic amines) is 1. The van der Waals surface area contributed by atoms with Gasteiger partial charge >= 0.3 is 0 Å². The molecule has 0 saturated carbocycles. The first-order valence-electron chi connectivity index (χ1n) is 5.33. The van der Waals surface area contributed by atoms with Crippen molar-refractivity contribution in [1.29, 1.82) is 0 Å². The number of hydrogen-bond acceptors (Lipinski definition) is 4. The Balaban J connectivity index is 1.64. The largest absolute Gasteiger partial charge is 0.467 e. The lowest BCUT2D eigenvalue weighted by Gasteiger charge is -2.35. The third kappa shape index (κ3) is 3.24. The predicted octanol–water partition coefficient (Wildman–Crippen LogP) is 0.890. The molecule has 1 aliphatic rings. The van der Waals surface area contributed by atoms with E-state index in [1.807, 2.05) is 11.0 Å². The van der Waals surface area contributed by atoms with Crippen LogP contribution in [0.4, 0.5) is 0 Å². The molecule has 1 amide bonds. The van der Waals surface area contributed by atoms with Crippen LogP contribution in [0.25, 0.3) is 10.4 Å². The van der Waals surface area contributed by atoms with Crippen molar-refractivity contribution >= 4 is 5.91 Å². The summed E-state index contributed by atoms with van der Waals surface area (Å²) in [7, 11) is 0. The molecule has 1 aromatic heterocycles. The van der Waals surface area contributed by atoms with Gasteiger partial charge in [-0.15, -0.1) is 0 Å². The number of nitrogens with one attached hydrogen (secondary N) is 1. The lowest BCUT2D eigenvalue weighted by Crippen LogP contribution is -2.52. The number of amides is 1. The molecule has 1 aromatic rings. The second-order valence-corrected chi connectivity index (χ2v) is 3.91. The van der Waals surface area contributed by atoms with Crippen molar-refractivity contribution in [3.8, 4) is 0 Å². The highest BCUT2D eigenvalue weighted by Gasteiger charge is 2.26. The Morgan fingerprint density at radius 3 is 3.18 bits per heavy atom. The van der Waals surface area contributed by atoms with E-state index in [2.05, 4.69) is 15.3 Å². The van der Waals surface area contributed by atoms with E-state index in [1.54, 1.807) is 12.3 Å². The van der Waals surface area contributed by atoms with Crippen LogP contribution in [-0.2, 0) is 11.3 Å². The molecule has 0 aliphatic carbocycles. The summed E-state index contributed by atoms with van der Waals surface area (Å²) in [6, 6.07) is 3.60. The highest BCUT2D eigenvalue weighted by Crippen LogP contribution is 2.10. The number of carbonyl (C=O) groups is 1. The summed E-state index contributed by atoms with van der Waals surface area (Å²) in [5.41, 5.74) is 8.21. The topological polar surface area (TPSA) is 94.2 Å². The van der Waals surface area contributed by atoms with Gasteiger partial charge in [-0.2, -0.15) is 0 Å². The molecular weight excluding hydrogens is 222 g/mol. The molecule has 2 rings (SSSR count). The van der Waals surface area contributed by atoms with Gasteiger partial charge in [0.2, 0.25) is 5.91 Å². The third-order valence-corrected chi connectivity index (χ3v) is 2.56. The van der Waals surface area contributed by atoms with Crippen LogP contribution in [0.1, 0.15) is 5.76 Å². The molecule has 0 unspecified atom stereocenters. The monoisotopic (exact) mass is 235 g/mol. The van der Waals surface area contributed by atoms with Crippen molar-refractivity contribution < 1.29 is 9.21 Å². The van der Waals surface area contributed by atoms with Gasteiger partial charge in [0.05, 0.1) is 25.4 Å². The standard InChI is InChI=1S/C10H13N5O2/c11-14-13-8-5-15(6-8)7-10(16)12-4-9-2-1-3-17-9/h1-3,8H,4-7H2,(H,12,16). The predicted molar refractivity (Wildman–Crippen MR) is 59.9 cm³/mol. The maximum atomic E-state index is 11.5. The van der Waals surface area contributed by atoms with Gasteiger partial charge in [0.1, 0.15) is 5.76 Å². The molecule has 7 nitrogen and oxygen atoms in total. The number of hydrogen-bond donors (Lipinski definition) is 1. The van der Waals surface area contributed by atoms with Crippen molar-refractivity contribution in [2.75, 3.05) is 19.6 Å². The summed E-state index contributed by atoms with van der Waals surface area (Å²) >= 11 is 0. The number of nitrogens with zero attached hydrogens (tertiary/aromatic N) is 4. The molecule has 7 heteroatoms. The van der Waals surface area contributed by atoms with Crippen LogP contribution >= 0.6 is 0 Å². The highest BCUT2D eigenvalue weighted by molar-refractivity contribution is 5.78. The summed E-state index contributed by atoms with van der Waals surface area (Å²) in [6.45, 7) is 2.04. The Bertz CT molecular complexity index is 418. The maximum Gasteiger partial charge on any atom is 0.234 e. The van der Waals surface area contributed by atoms with Crippen molar-refractivity contribution in [1.82, 2.24) is 10.2 Å². The van der Waals surface area contributed by atoms with Crippen LogP contribution in [0.3, 0.4) is 0 Å². The van der Waals surface area contributed by atoms with E-state index < -0.39 is 0 Å². The molecule has 0 bridgehead atoms. The Kier molecular flexibility index (Phi) is 3.64. The normalized spacial score (nSPS) is 16.0. The van der Waals surface area contributed by atoms with Crippen LogP contribution in [0.15, 0.2) is 27.9 Å². The van der Waals surface area contributed by atoms with Gasteiger partial charge in [-0.05, 0) is 17.7 Å². The Morgan fingerprint density at radius 1 is 1.71 bits per heavy atom. The van der Waals surface area contributed by atoms with Gasteiger partial charge in [0.15, 0.2) is 0 Å². The van der Waals surface area contributed by atoms with Gasteiger partial charge in [-0.3, -0.25) is 9.69 Å². The molecule has 0 radical (unpaired) electrons. The molecule has 1 saturated heterocycles. The average molecular weight is 235 g/mol. The van der Waals surface area contributed by atoms with Crippen LogP contribution < -0.4 is 5.32 Å². The SMILES string of the molecule is [N-]=[N+]=NC1CN(CC(=O)NCc2ccco2)C1. The zero-order chi connectivity index (χ0) is 12.1. The van der Waals surface area contributed by atoms with Crippen LogP contribution in [0.2, 0.25) is 0 Å². The zero-order valence-corrected chi connectivity index (χ0v) is 9.24. The highest BCUT2D eigenvalue weighted by atomic mass is 16.3. The Hall–Kier alpha value is -1.98. The first-order valence-corrected chi connectivity index (χ1v) is 5.33. The Labute approximate surface area is 98.0 Å². The zero-order valence-electron chi connectivity index (χ0n) is 9.24. The quantitative estimate of drug-likeness (QED) is 0.466. The summed E-state index contributed by atoms with van der Waals surface area (Å²) in [5, 5.41) is 6.32. The second-order valence-electron chi connectivity index (χ2n) is 3.91. The molecule has 90 valence electrons. The molecular formula is C10H13N5O2. The summed E-state index contributed by atoms with van der Waals surface area (Å²) in [4.78, 5) is 16.2. The molecule has 17 heavy (non-hydrogen) atoms. The lowest BCUT2D eigenvalue weighted by atomic mass is 10.1. The van der Waals surface area contributed by atoms with Crippen LogP contribution in [0, 0.1) is 0 Å². The summed E-state index contributed by atoms with van der Waals surface area (Å²) in [5.74, 6) is 0.676. The molecule has 2 heterocycles. The van der Waals surface area contributed by atoms with Gasteiger partial charge in [0.25, 0.3) is 0 Å². The van der Waals surface area contributed by atoms with Crippen molar-refractivity contribution in [2.45, 2.75) is 12.6 Å². The number of carbonyl (C=O) groups excluding carboxylic acids is 1. The lowest BCUT2D eigenvalue weighted by molar-refractivity contribution is -0.123. The Morgan fingerprint density at radius 2 is 2.53 bits per heavy atom. The van der Waals surface area contributed by atoms with Crippen molar-refractivity contribution in [3.05, 3.63) is 34.6 Å². The van der Waals surface area contributed by atoms with E-state index in [0.29, 0.717) is 26.2 Å². The van der Waals surface area contributed by atoms with Crippen molar-refractivity contribution in [3.63, 3.8) is 0 Å². The molecule has 0 atom stereocenters. The van der Waals surface area contributed by atoms with E-state index in [9.17, 15) is 4.79 Å². The number of rotatable bonds is 5. The first-order chi connectivity index (χ1) is 8.28. The van der Waals surface area contributed by atoms with Gasteiger partial charge < -0.3 is 9.73 Å². The summed E-state index contributed by atoms with van der Waals surface area (Å²) in [6.07, 6.45) is 1.57. The fourth-order valence-corrected chi connectivity index (χ4v) is 1.68. The summed E-state index contributed by atoms with van der Waals surface area (Å²) < 4.78 is 5.09. The van der Waals surface area contributed by atoms with E-state index >= 15 is 0 Å². The second kappa shape index (κ2) is 5.38. The van der Waals surface area contributed by atoms with Crippen LogP contribution in [0.5, 0.6) is 0 Å². The maximum absolute atomic E-state index is 11.5. The smallest absolute Gasteiger partial charge is 0.234 e. The molecule has 0 aromatic carbocycles. The molecule has 1 N–H and O–H groups in total. The van der Waals surface area contributed by atoms with Gasteiger partial charge in [0, 0.05) is 18.0 Å². The fraction of sp³-hybridized carbons (Fsp3) is 0.500. The van der Waals surface area contributed by atoms with E-state index in [1.165, 1.54) is 0 Å². The minimum atomic E-state index is -0.0548. The van der Waals surface area contributed by atoms with Crippen molar-refractivity contribution in [2.24, 2.45) is 5.11 Å². The average Bonchev–Trinajstić information content (AvgIpc) is 2.76. The minimum absolute atomic E-state index is 0.0119. The third-order valence-electron chi connectivity index (χ3n) is 2.56. The molecule has 1 aliphatic heterocycles.